The second kappa shape index (κ2) is 8.10. The lowest BCUT2D eigenvalue weighted by Gasteiger charge is -2.10. The van der Waals surface area contributed by atoms with Crippen molar-refractivity contribution < 1.29 is 9.59 Å². The fourth-order valence-electron chi connectivity index (χ4n) is 1.83. The molecule has 0 aliphatic carbocycles. The van der Waals surface area contributed by atoms with Gasteiger partial charge in [-0.25, -0.2) is 0 Å². The van der Waals surface area contributed by atoms with E-state index in [1.165, 1.54) is 11.3 Å². The number of nitrogens with one attached hydrogen (secondary N) is 2. The Morgan fingerprint density at radius 3 is 2.57 bits per heavy atom. The molecule has 0 bridgehead atoms. The first-order valence-corrected chi connectivity index (χ1v) is 8.00. The topological polar surface area (TPSA) is 58.2 Å². The molecule has 1 heterocycles. The second-order valence-corrected chi connectivity index (χ2v) is 5.87. The third-order valence-electron chi connectivity index (χ3n) is 3.04. The average Bonchev–Trinajstić information content (AvgIpc) is 3.05. The van der Waals surface area contributed by atoms with Crippen molar-refractivity contribution in [1.29, 1.82) is 0 Å². The maximum atomic E-state index is 12.3. The zero-order chi connectivity index (χ0) is 16.7. The highest BCUT2D eigenvalue weighted by Gasteiger charge is 2.14. The molecule has 23 heavy (non-hydrogen) atoms. The third kappa shape index (κ3) is 4.93. The Kier molecular flexibility index (Phi) is 5.88. The predicted molar refractivity (Wildman–Crippen MR) is 94.1 cm³/mol. The van der Waals surface area contributed by atoms with E-state index >= 15 is 0 Å². The number of hydrogen-bond donors (Lipinski definition) is 2. The fourth-order valence-corrected chi connectivity index (χ4v) is 2.49. The van der Waals surface area contributed by atoms with Crippen molar-refractivity contribution in [3.63, 3.8) is 0 Å². The van der Waals surface area contributed by atoms with Gasteiger partial charge in [-0.1, -0.05) is 29.8 Å². The highest BCUT2D eigenvalue weighted by atomic mass is 32.1. The van der Waals surface area contributed by atoms with Crippen LogP contribution in [0.5, 0.6) is 0 Å². The molecular formula is C18H18N2O2S. The third-order valence-corrected chi connectivity index (χ3v) is 3.86. The molecule has 0 aliphatic rings. The Morgan fingerprint density at radius 1 is 1.22 bits per heavy atom. The molecule has 0 radical (unpaired) electrons. The molecule has 118 valence electrons. The second-order valence-electron chi connectivity index (χ2n) is 4.89. The van der Waals surface area contributed by atoms with Crippen LogP contribution in [0.3, 0.4) is 0 Å². The number of rotatable bonds is 6. The molecule has 0 unspecified atom stereocenters. The molecule has 0 atom stereocenters. The zero-order valence-electron chi connectivity index (χ0n) is 12.8. The molecule has 2 amide bonds. The Labute approximate surface area is 139 Å². The van der Waals surface area contributed by atoms with Crippen LogP contribution in [0.4, 0.5) is 0 Å². The van der Waals surface area contributed by atoms with Gasteiger partial charge in [-0.3, -0.25) is 9.59 Å². The number of amides is 2. The van der Waals surface area contributed by atoms with Crippen molar-refractivity contribution in [2.45, 2.75) is 6.92 Å². The van der Waals surface area contributed by atoms with Gasteiger partial charge < -0.3 is 10.6 Å². The number of carbonyl (C=O) groups is 2. The molecule has 2 aromatic rings. The lowest BCUT2D eigenvalue weighted by molar-refractivity contribution is -0.117. The first-order valence-electron chi connectivity index (χ1n) is 7.12. The van der Waals surface area contributed by atoms with E-state index in [0.717, 1.165) is 10.4 Å². The number of aryl methyl sites for hydroxylation is 1. The first-order chi connectivity index (χ1) is 11.1. The summed E-state index contributed by atoms with van der Waals surface area (Å²) < 4.78 is 0. The first kappa shape index (κ1) is 16.7. The molecule has 4 nitrogen and oxygen atoms in total. The highest BCUT2D eigenvalue weighted by molar-refractivity contribution is 7.10. The summed E-state index contributed by atoms with van der Waals surface area (Å²) in [4.78, 5) is 25.4. The van der Waals surface area contributed by atoms with Crippen molar-refractivity contribution in [2.75, 3.05) is 6.54 Å². The molecule has 1 aromatic heterocycles. The Morgan fingerprint density at radius 2 is 1.96 bits per heavy atom. The molecule has 5 heteroatoms. The lowest BCUT2D eigenvalue weighted by Crippen LogP contribution is -2.34. The quantitative estimate of drug-likeness (QED) is 0.633. The fraction of sp³-hybridized carbons (Fsp3) is 0.111. The van der Waals surface area contributed by atoms with Crippen LogP contribution in [0, 0.1) is 6.92 Å². The smallest absolute Gasteiger partial charge is 0.268 e. The lowest BCUT2D eigenvalue weighted by atomic mass is 10.1. The van der Waals surface area contributed by atoms with Crippen LogP contribution in [0.1, 0.15) is 20.8 Å². The minimum absolute atomic E-state index is 0.208. The van der Waals surface area contributed by atoms with Crippen LogP contribution < -0.4 is 10.6 Å². The minimum atomic E-state index is -0.348. The number of carbonyl (C=O) groups excluding carboxylic acids is 2. The summed E-state index contributed by atoms with van der Waals surface area (Å²) in [6.07, 6.45) is 3.25. The summed E-state index contributed by atoms with van der Waals surface area (Å²) in [5.74, 6) is -0.666. The van der Waals surface area contributed by atoms with Gasteiger partial charge in [0.1, 0.15) is 5.70 Å². The van der Waals surface area contributed by atoms with Crippen molar-refractivity contribution in [3.05, 3.63) is 76.1 Å². The van der Waals surface area contributed by atoms with Gasteiger partial charge in [0.15, 0.2) is 0 Å². The Hall–Kier alpha value is -2.66. The van der Waals surface area contributed by atoms with E-state index in [0.29, 0.717) is 12.1 Å². The maximum Gasteiger partial charge on any atom is 0.268 e. The van der Waals surface area contributed by atoms with Crippen LogP contribution in [0.15, 0.2) is 60.1 Å². The summed E-state index contributed by atoms with van der Waals surface area (Å²) in [6.45, 7) is 5.85. The van der Waals surface area contributed by atoms with E-state index in [1.807, 2.05) is 36.6 Å². The number of thiophene rings is 1. The summed E-state index contributed by atoms with van der Waals surface area (Å²) in [7, 11) is 0. The van der Waals surface area contributed by atoms with E-state index < -0.39 is 0 Å². The van der Waals surface area contributed by atoms with Gasteiger partial charge in [0.25, 0.3) is 11.8 Å². The largest absolute Gasteiger partial charge is 0.347 e. The van der Waals surface area contributed by atoms with Crippen molar-refractivity contribution in [2.24, 2.45) is 0 Å². The molecular weight excluding hydrogens is 308 g/mol. The maximum absolute atomic E-state index is 12.3. The summed E-state index contributed by atoms with van der Waals surface area (Å²) in [6, 6.07) is 10.9. The Balaban J connectivity index is 2.19. The van der Waals surface area contributed by atoms with E-state index in [9.17, 15) is 9.59 Å². The van der Waals surface area contributed by atoms with Crippen LogP contribution in [0.2, 0.25) is 0 Å². The average molecular weight is 326 g/mol. The molecule has 0 spiro atoms. The SMILES string of the molecule is C=CCNC(=O)/C(=C/c1cccs1)NC(=O)c1ccc(C)cc1. The number of benzene rings is 1. The minimum Gasteiger partial charge on any atom is -0.347 e. The molecule has 2 N–H and O–H groups in total. The van der Waals surface area contributed by atoms with Crippen LogP contribution in [-0.2, 0) is 4.79 Å². The van der Waals surface area contributed by atoms with Gasteiger partial charge in [0.05, 0.1) is 0 Å². The molecule has 0 fully saturated rings. The van der Waals surface area contributed by atoms with Crippen LogP contribution in [0.25, 0.3) is 6.08 Å². The van der Waals surface area contributed by atoms with Gasteiger partial charge in [0, 0.05) is 17.0 Å². The molecule has 1 aromatic carbocycles. The molecule has 0 saturated carbocycles. The van der Waals surface area contributed by atoms with Crippen molar-refractivity contribution in [3.8, 4) is 0 Å². The molecule has 0 aliphatic heterocycles. The molecule has 2 rings (SSSR count). The van der Waals surface area contributed by atoms with Crippen molar-refractivity contribution >= 4 is 29.2 Å². The monoisotopic (exact) mass is 326 g/mol. The van der Waals surface area contributed by atoms with Gasteiger partial charge >= 0.3 is 0 Å². The Bertz CT molecular complexity index is 716. The number of hydrogen-bond acceptors (Lipinski definition) is 3. The van der Waals surface area contributed by atoms with E-state index in [4.69, 9.17) is 0 Å². The van der Waals surface area contributed by atoms with Crippen molar-refractivity contribution in [1.82, 2.24) is 10.6 Å². The predicted octanol–water partition coefficient (Wildman–Crippen LogP) is 3.13. The van der Waals surface area contributed by atoms with E-state index in [-0.39, 0.29) is 17.5 Å². The highest BCUT2D eigenvalue weighted by Crippen LogP contribution is 2.13. The van der Waals surface area contributed by atoms with Crippen LogP contribution >= 0.6 is 11.3 Å². The normalized spacial score (nSPS) is 10.9. The van der Waals surface area contributed by atoms with E-state index in [2.05, 4.69) is 17.2 Å². The van der Waals surface area contributed by atoms with Gasteiger partial charge in [-0.2, -0.15) is 0 Å². The molecule has 0 saturated heterocycles. The summed E-state index contributed by atoms with van der Waals surface area (Å²) >= 11 is 1.49. The summed E-state index contributed by atoms with van der Waals surface area (Å²) in [5, 5.41) is 7.27. The van der Waals surface area contributed by atoms with Gasteiger partial charge in [-0.15, -0.1) is 17.9 Å². The standard InChI is InChI=1S/C18H18N2O2S/c1-3-10-19-18(22)16(12-15-5-4-11-23-15)20-17(21)14-8-6-13(2)7-9-14/h3-9,11-12H,1,10H2,2H3,(H,19,22)(H,20,21)/b16-12-. The zero-order valence-corrected chi connectivity index (χ0v) is 13.7. The van der Waals surface area contributed by atoms with Gasteiger partial charge in [0.2, 0.25) is 0 Å². The van der Waals surface area contributed by atoms with Gasteiger partial charge in [-0.05, 0) is 36.6 Å². The summed E-state index contributed by atoms with van der Waals surface area (Å²) in [5.41, 5.74) is 1.78. The van der Waals surface area contributed by atoms with E-state index in [1.54, 1.807) is 24.3 Å². The van der Waals surface area contributed by atoms with Crippen LogP contribution in [-0.4, -0.2) is 18.4 Å².